The van der Waals surface area contributed by atoms with Gasteiger partial charge in [-0.2, -0.15) is 0 Å². The number of benzene rings is 2. The average Bonchev–Trinajstić information content (AvgIpc) is 2.74. The first-order valence-electron chi connectivity index (χ1n) is 6.92. The first-order chi connectivity index (χ1) is 9.60. The van der Waals surface area contributed by atoms with Crippen molar-refractivity contribution in [3.8, 4) is 0 Å². The lowest BCUT2D eigenvalue weighted by Crippen LogP contribution is -2.49. The Morgan fingerprint density at radius 2 is 1.55 bits per heavy atom. The number of hydrogen-bond donors (Lipinski definition) is 0. The van der Waals surface area contributed by atoms with Crippen LogP contribution in [0.1, 0.15) is 19.4 Å². The maximum Gasteiger partial charge on any atom is 0.211 e. The molecule has 20 heavy (non-hydrogen) atoms. The van der Waals surface area contributed by atoms with Crippen LogP contribution < -0.4 is 9.80 Å². The molecule has 0 bridgehead atoms. The summed E-state index contributed by atoms with van der Waals surface area (Å²) in [4.78, 5) is 9.38. The monoisotopic (exact) mass is 263 g/mol. The van der Waals surface area contributed by atoms with E-state index in [0.717, 1.165) is 11.6 Å². The summed E-state index contributed by atoms with van der Waals surface area (Å²) in [5.41, 5.74) is 4.69. The van der Waals surface area contributed by atoms with E-state index in [1.54, 1.807) is 0 Å². The molecule has 0 atom stereocenters. The van der Waals surface area contributed by atoms with Gasteiger partial charge >= 0.3 is 0 Å². The highest BCUT2D eigenvalue weighted by atomic mass is 15.5. The highest BCUT2D eigenvalue weighted by Gasteiger charge is 2.44. The van der Waals surface area contributed by atoms with E-state index in [4.69, 9.17) is 4.99 Å². The lowest BCUT2D eigenvalue weighted by molar-refractivity contribution is 0.543. The molecule has 3 heteroatoms. The maximum absolute atomic E-state index is 4.87. The topological polar surface area (TPSA) is 18.8 Å². The van der Waals surface area contributed by atoms with Crippen LogP contribution >= 0.6 is 0 Å². The van der Waals surface area contributed by atoms with E-state index < -0.39 is 0 Å². The minimum Gasteiger partial charge on any atom is -0.313 e. The summed E-state index contributed by atoms with van der Waals surface area (Å²) in [7, 11) is 2.08. The van der Waals surface area contributed by atoms with Crippen molar-refractivity contribution >= 4 is 23.0 Å². The molecular weight excluding hydrogens is 246 g/mol. The number of fused-ring (bicyclic) bond motifs is 4. The molecule has 3 nitrogen and oxygen atoms in total. The number of rotatable bonds is 0. The van der Waals surface area contributed by atoms with Crippen LogP contribution in [0.2, 0.25) is 0 Å². The number of nitrogens with zero attached hydrogens (tertiary/aromatic N) is 3. The lowest BCUT2D eigenvalue weighted by atomic mass is 9.89. The molecule has 2 aromatic rings. The molecule has 0 N–H and O–H groups in total. The van der Waals surface area contributed by atoms with Crippen LogP contribution in [-0.2, 0) is 5.54 Å². The van der Waals surface area contributed by atoms with Crippen molar-refractivity contribution in [2.24, 2.45) is 4.99 Å². The molecule has 0 spiro atoms. The Morgan fingerprint density at radius 3 is 2.35 bits per heavy atom. The third-order valence-electron chi connectivity index (χ3n) is 4.33. The van der Waals surface area contributed by atoms with Crippen LogP contribution in [0, 0.1) is 0 Å². The summed E-state index contributed by atoms with van der Waals surface area (Å²) in [6.07, 6.45) is 0. The highest BCUT2D eigenvalue weighted by Crippen LogP contribution is 2.48. The second-order valence-corrected chi connectivity index (χ2v) is 5.87. The third kappa shape index (κ3) is 1.27. The SMILES string of the molecule is CN1C2=Nc3ccccc3C(C)(C)N2c2ccccc21. The summed E-state index contributed by atoms with van der Waals surface area (Å²) < 4.78 is 0. The van der Waals surface area contributed by atoms with Crippen molar-refractivity contribution in [1.82, 2.24) is 0 Å². The van der Waals surface area contributed by atoms with Crippen molar-refractivity contribution in [2.75, 3.05) is 16.8 Å². The zero-order valence-electron chi connectivity index (χ0n) is 12.0. The molecule has 2 heterocycles. The molecular formula is C17H17N3. The van der Waals surface area contributed by atoms with Gasteiger partial charge in [-0.15, -0.1) is 0 Å². The molecule has 0 amide bonds. The predicted octanol–water partition coefficient (Wildman–Crippen LogP) is 3.88. The van der Waals surface area contributed by atoms with Gasteiger partial charge in [-0.25, -0.2) is 4.99 Å². The fraction of sp³-hybridized carbons (Fsp3) is 0.235. The van der Waals surface area contributed by atoms with Crippen LogP contribution in [0.3, 0.4) is 0 Å². The number of anilines is 2. The molecule has 4 rings (SSSR count). The minimum absolute atomic E-state index is 0.103. The van der Waals surface area contributed by atoms with Gasteiger partial charge in [0, 0.05) is 12.6 Å². The van der Waals surface area contributed by atoms with Crippen molar-refractivity contribution in [3.05, 3.63) is 54.1 Å². The molecule has 0 fully saturated rings. The molecule has 0 saturated carbocycles. The predicted molar refractivity (Wildman–Crippen MR) is 83.9 cm³/mol. The van der Waals surface area contributed by atoms with Gasteiger partial charge in [0.25, 0.3) is 0 Å². The van der Waals surface area contributed by atoms with Crippen LogP contribution in [0.15, 0.2) is 53.5 Å². The Balaban J connectivity index is 2.02. The number of aliphatic imine (C=N–C) groups is 1. The van der Waals surface area contributed by atoms with E-state index in [0.29, 0.717) is 0 Å². The number of hydrogen-bond acceptors (Lipinski definition) is 3. The number of para-hydroxylation sites is 3. The van der Waals surface area contributed by atoms with Gasteiger partial charge in [-0.1, -0.05) is 30.3 Å². The van der Waals surface area contributed by atoms with Crippen LogP contribution in [0.25, 0.3) is 0 Å². The molecule has 0 saturated heterocycles. The summed E-state index contributed by atoms with van der Waals surface area (Å²) >= 11 is 0. The number of guanidine groups is 1. The van der Waals surface area contributed by atoms with E-state index in [1.165, 1.54) is 16.9 Å². The van der Waals surface area contributed by atoms with Crippen molar-refractivity contribution in [1.29, 1.82) is 0 Å². The van der Waals surface area contributed by atoms with E-state index in [1.807, 2.05) is 0 Å². The van der Waals surface area contributed by atoms with Gasteiger partial charge in [-0.3, -0.25) is 0 Å². The van der Waals surface area contributed by atoms with E-state index in [-0.39, 0.29) is 5.54 Å². The standard InChI is InChI=1S/C17H17N3/c1-17(2)12-8-4-5-9-13(12)18-16-19(3)14-10-6-7-11-15(14)20(16)17/h4-11H,1-3H3. The van der Waals surface area contributed by atoms with E-state index in [2.05, 4.69) is 79.2 Å². The summed E-state index contributed by atoms with van der Waals surface area (Å²) in [5, 5.41) is 0. The summed E-state index contributed by atoms with van der Waals surface area (Å²) in [6, 6.07) is 16.9. The molecule has 0 aliphatic carbocycles. The van der Waals surface area contributed by atoms with Crippen LogP contribution in [-0.4, -0.2) is 13.0 Å². The zero-order valence-corrected chi connectivity index (χ0v) is 12.0. The Labute approximate surface area is 119 Å². The molecule has 2 aromatic carbocycles. The first kappa shape index (κ1) is 11.5. The fourth-order valence-corrected chi connectivity index (χ4v) is 3.30. The molecule has 0 radical (unpaired) electrons. The second-order valence-electron chi connectivity index (χ2n) is 5.87. The smallest absolute Gasteiger partial charge is 0.211 e. The highest BCUT2D eigenvalue weighted by molar-refractivity contribution is 6.18. The maximum atomic E-state index is 4.87. The Bertz CT molecular complexity index is 731. The molecule has 0 unspecified atom stereocenters. The molecule has 2 aliphatic rings. The zero-order chi connectivity index (χ0) is 13.9. The largest absolute Gasteiger partial charge is 0.313 e. The Kier molecular flexibility index (Phi) is 2.09. The molecule has 2 aliphatic heterocycles. The lowest BCUT2D eigenvalue weighted by Gasteiger charge is -2.41. The average molecular weight is 263 g/mol. The quantitative estimate of drug-likeness (QED) is 0.718. The summed E-state index contributed by atoms with van der Waals surface area (Å²) in [5.74, 6) is 1.01. The van der Waals surface area contributed by atoms with Gasteiger partial charge in [0.1, 0.15) is 0 Å². The third-order valence-corrected chi connectivity index (χ3v) is 4.33. The molecule has 100 valence electrons. The van der Waals surface area contributed by atoms with E-state index >= 15 is 0 Å². The molecule has 0 aromatic heterocycles. The first-order valence-corrected chi connectivity index (χ1v) is 6.92. The summed E-state index contributed by atoms with van der Waals surface area (Å²) in [6.45, 7) is 4.52. The van der Waals surface area contributed by atoms with Gasteiger partial charge in [0.05, 0.1) is 22.6 Å². The Morgan fingerprint density at radius 1 is 0.900 bits per heavy atom. The second kappa shape index (κ2) is 3.63. The normalized spacial score (nSPS) is 18.2. The van der Waals surface area contributed by atoms with Crippen molar-refractivity contribution in [3.63, 3.8) is 0 Å². The van der Waals surface area contributed by atoms with Crippen LogP contribution in [0.4, 0.5) is 17.1 Å². The van der Waals surface area contributed by atoms with Crippen molar-refractivity contribution in [2.45, 2.75) is 19.4 Å². The van der Waals surface area contributed by atoms with Crippen molar-refractivity contribution < 1.29 is 0 Å². The van der Waals surface area contributed by atoms with Gasteiger partial charge in [0.15, 0.2) is 0 Å². The minimum atomic E-state index is -0.103. The Hall–Kier alpha value is -2.29. The van der Waals surface area contributed by atoms with Gasteiger partial charge in [-0.05, 0) is 32.0 Å². The van der Waals surface area contributed by atoms with Crippen LogP contribution in [0.5, 0.6) is 0 Å². The van der Waals surface area contributed by atoms with Gasteiger partial charge < -0.3 is 9.80 Å². The van der Waals surface area contributed by atoms with Gasteiger partial charge in [0.2, 0.25) is 5.96 Å². The van der Waals surface area contributed by atoms with E-state index in [9.17, 15) is 0 Å². The fourth-order valence-electron chi connectivity index (χ4n) is 3.30.